The van der Waals surface area contributed by atoms with Gasteiger partial charge in [0.15, 0.2) is 0 Å². The summed E-state index contributed by atoms with van der Waals surface area (Å²) >= 11 is 0. The Balaban J connectivity index is 1.93. The number of carbonyl (C=O) groups is 2. The number of hydrogen-bond acceptors (Lipinski definition) is 5. The van der Waals surface area contributed by atoms with Gasteiger partial charge in [-0.2, -0.15) is 0 Å². The Morgan fingerprint density at radius 3 is 2.83 bits per heavy atom. The van der Waals surface area contributed by atoms with Crippen molar-refractivity contribution in [3.05, 3.63) is 12.7 Å². The summed E-state index contributed by atoms with van der Waals surface area (Å²) in [6.45, 7) is 4.71. The monoisotopic (exact) mass is 256 g/mol. The van der Waals surface area contributed by atoms with E-state index in [1.807, 2.05) is 0 Å². The Labute approximate surface area is 107 Å². The second kappa shape index (κ2) is 8.69. The lowest BCUT2D eigenvalue weighted by molar-refractivity contribution is -0.147. The smallest absolute Gasteiger partial charge is 0.330 e. The van der Waals surface area contributed by atoms with E-state index < -0.39 is 5.97 Å². The molecule has 0 aromatic carbocycles. The minimum absolute atomic E-state index is 0.0718. The van der Waals surface area contributed by atoms with Gasteiger partial charge >= 0.3 is 11.9 Å². The fourth-order valence-electron chi connectivity index (χ4n) is 1.64. The first-order valence-electron chi connectivity index (χ1n) is 6.29. The second-order valence-electron chi connectivity index (χ2n) is 4.15. The molecule has 1 aliphatic rings. The molecule has 0 saturated carbocycles. The van der Waals surface area contributed by atoms with E-state index in [0.717, 1.165) is 25.5 Å². The first kappa shape index (κ1) is 14.7. The van der Waals surface area contributed by atoms with Crippen LogP contribution in [0.25, 0.3) is 0 Å². The quantitative estimate of drug-likeness (QED) is 0.375. The summed E-state index contributed by atoms with van der Waals surface area (Å²) in [6, 6.07) is 0. The summed E-state index contributed by atoms with van der Waals surface area (Å²) in [4.78, 5) is 22.1. The highest BCUT2D eigenvalue weighted by Crippen LogP contribution is 2.12. The van der Waals surface area contributed by atoms with Gasteiger partial charge in [-0.15, -0.1) is 0 Å². The standard InChI is InChI=1S/C13H20O5/c1-2-12(14)17-8-4-3-7-13(15)18-10-11-6-5-9-16-11/h2,11H,1,3-10H2. The van der Waals surface area contributed by atoms with Crippen molar-refractivity contribution in [2.75, 3.05) is 19.8 Å². The van der Waals surface area contributed by atoms with Gasteiger partial charge in [0.1, 0.15) is 6.61 Å². The van der Waals surface area contributed by atoms with E-state index in [1.54, 1.807) is 0 Å². The van der Waals surface area contributed by atoms with Gasteiger partial charge in [0.25, 0.3) is 0 Å². The molecule has 0 N–H and O–H groups in total. The Kier molecular flexibility index (Phi) is 7.10. The fraction of sp³-hybridized carbons (Fsp3) is 0.692. The Morgan fingerprint density at radius 2 is 2.17 bits per heavy atom. The highest BCUT2D eigenvalue weighted by atomic mass is 16.6. The van der Waals surface area contributed by atoms with Gasteiger partial charge in [0.05, 0.1) is 12.7 Å². The molecule has 1 saturated heterocycles. The van der Waals surface area contributed by atoms with Gasteiger partial charge in [-0.3, -0.25) is 4.79 Å². The number of unbranched alkanes of at least 4 members (excludes halogenated alkanes) is 1. The molecule has 102 valence electrons. The largest absolute Gasteiger partial charge is 0.463 e. The Bertz CT molecular complexity index is 281. The van der Waals surface area contributed by atoms with Crippen LogP contribution in [-0.4, -0.2) is 37.9 Å². The van der Waals surface area contributed by atoms with Crippen LogP contribution in [0.2, 0.25) is 0 Å². The predicted molar refractivity (Wildman–Crippen MR) is 64.9 cm³/mol. The highest BCUT2D eigenvalue weighted by Gasteiger charge is 2.17. The predicted octanol–water partition coefficient (Wildman–Crippen LogP) is 1.61. The minimum atomic E-state index is -0.434. The lowest BCUT2D eigenvalue weighted by Gasteiger charge is -2.09. The van der Waals surface area contributed by atoms with Crippen molar-refractivity contribution in [1.29, 1.82) is 0 Å². The van der Waals surface area contributed by atoms with Crippen molar-refractivity contribution in [3.8, 4) is 0 Å². The number of hydrogen-bond donors (Lipinski definition) is 0. The molecule has 0 aromatic heterocycles. The maximum Gasteiger partial charge on any atom is 0.330 e. The molecule has 1 atom stereocenters. The van der Waals surface area contributed by atoms with Crippen LogP contribution >= 0.6 is 0 Å². The fourth-order valence-corrected chi connectivity index (χ4v) is 1.64. The molecular weight excluding hydrogens is 236 g/mol. The number of carbonyl (C=O) groups excluding carboxylic acids is 2. The lowest BCUT2D eigenvalue weighted by atomic mass is 10.2. The summed E-state index contributed by atoms with van der Waals surface area (Å²) < 4.78 is 15.2. The number of esters is 2. The molecule has 0 amide bonds. The zero-order valence-electron chi connectivity index (χ0n) is 10.6. The number of ether oxygens (including phenoxy) is 3. The van der Waals surface area contributed by atoms with E-state index in [0.29, 0.717) is 32.5 Å². The van der Waals surface area contributed by atoms with Crippen LogP contribution in [0.15, 0.2) is 12.7 Å². The van der Waals surface area contributed by atoms with Gasteiger partial charge in [-0.1, -0.05) is 6.58 Å². The van der Waals surface area contributed by atoms with Gasteiger partial charge in [0, 0.05) is 19.1 Å². The molecule has 5 nitrogen and oxygen atoms in total. The molecule has 1 fully saturated rings. The molecule has 0 bridgehead atoms. The third kappa shape index (κ3) is 6.39. The molecule has 0 radical (unpaired) electrons. The van der Waals surface area contributed by atoms with Crippen molar-refractivity contribution in [2.24, 2.45) is 0 Å². The molecule has 18 heavy (non-hydrogen) atoms. The van der Waals surface area contributed by atoms with E-state index in [9.17, 15) is 9.59 Å². The van der Waals surface area contributed by atoms with E-state index in [2.05, 4.69) is 6.58 Å². The van der Waals surface area contributed by atoms with Crippen LogP contribution in [0.5, 0.6) is 0 Å². The molecule has 1 unspecified atom stereocenters. The first-order chi connectivity index (χ1) is 8.72. The van der Waals surface area contributed by atoms with Crippen LogP contribution in [-0.2, 0) is 23.8 Å². The summed E-state index contributed by atoms with van der Waals surface area (Å²) in [5, 5.41) is 0. The van der Waals surface area contributed by atoms with Crippen molar-refractivity contribution < 1.29 is 23.8 Å². The van der Waals surface area contributed by atoms with Gasteiger partial charge in [-0.05, 0) is 25.7 Å². The van der Waals surface area contributed by atoms with E-state index in [1.165, 1.54) is 0 Å². The third-order valence-electron chi connectivity index (χ3n) is 2.64. The van der Waals surface area contributed by atoms with Crippen LogP contribution < -0.4 is 0 Å². The molecule has 1 aliphatic heterocycles. The summed E-state index contributed by atoms with van der Waals surface area (Å²) in [7, 11) is 0. The van der Waals surface area contributed by atoms with Crippen molar-refractivity contribution in [2.45, 2.75) is 38.2 Å². The number of rotatable bonds is 8. The lowest BCUT2D eigenvalue weighted by Crippen LogP contribution is -2.17. The minimum Gasteiger partial charge on any atom is -0.463 e. The summed E-state index contributed by atoms with van der Waals surface area (Å²) in [5.41, 5.74) is 0. The van der Waals surface area contributed by atoms with Crippen molar-refractivity contribution in [1.82, 2.24) is 0 Å². The van der Waals surface area contributed by atoms with Gasteiger partial charge < -0.3 is 14.2 Å². The second-order valence-corrected chi connectivity index (χ2v) is 4.15. The van der Waals surface area contributed by atoms with Crippen LogP contribution in [0.1, 0.15) is 32.1 Å². The zero-order chi connectivity index (χ0) is 13.2. The molecular formula is C13H20O5. The maximum atomic E-state index is 11.4. The summed E-state index contributed by atoms with van der Waals surface area (Å²) in [6.07, 6.45) is 4.83. The molecule has 0 spiro atoms. The zero-order valence-corrected chi connectivity index (χ0v) is 10.6. The van der Waals surface area contributed by atoms with E-state index in [4.69, 9.17) is 14.2 Å². The summed E-state index contributed by atoms with van der Waals surface area (Å²) in [5.74, 6) is -0.656. The van der Waals surface area contributed by atoms with Gasteiger partial charge in [-0.25, -0.2) is 4.79 Å². The third-order valence-corrected chi connectivity index (χ3v) is 2.64. The van der Waals surface area contributed by atoms with Crippen LogP contribution in [0.3, 0.4) is 0 Å². The Hall–Kier alpha value is -1.36. The average molecular weight is 256 g/mol. The van der Waals surface area contributed by atoms with Gasteiger partial charge in [0.2, 0.25) is 0 Å². The Morgan fingerprint density at radius 1 is 1.33 bits per heavy atom. The van der Waals surface area contributed by atoms with Crippen molar-refractivity contribution >= 4 is 11.9 Å². The molecule has 0 aromatic rings. The highest BCUT2D eigenvalue weighted by molar-refractivity contribution is 5.81. The SMILES string of the molecule is C=CC(=O)OCCCCC(=O)OCC1CCCO1. The molecule has 1 rings (SSSR count). The normalized spacial score (nSPS) is 18.3. The molecule has 1 heterocycles. The van der Waals surface area contributed by atoms with Crippen LogP contribution in [0, 0.1) is 0 Å². The van der Waals surface area contributed by atoms with Crippen molar-refractivity contribution in [3.63, 3.8) is 0 Å². The van der Waals surface area contributed by atoms with Crippen LogP contribution in [0.4, 0.5) is 0 Å². The van der Waals surface area contributed by atoms with E-state index in [-0.39, 0.29) is 12.1 Å². The first-order valence-corrected chi connectivity index (χ1v) is 6.29. The maximum absolute atomic E-state index is 11.4. The molecule has 0 aliphatic carbocycles. The van der Waals surface area contributed by atoms with E-state index >= 15 is 0 Å². The molecule has 5 heteroatoms. The topological polar surface area (TPSA) is 61.8 Å². The average Bonchev–Trinajstić information content (AvgIpc) is 2.88.